The molecule has 4 heteroatoms. The summed E-state index contributed by atoms with van der Waals surface area (Å²) in [5, 5.41) is 12.7. The Kier molecular flexibility index (Phi) is 4.84. The number of aliphatic hydroxyl groups is 1. The molecule has 1 aliphatic rings. The Morgan fingerprint density at radius 2 is 2.06 bits per heavy atom. The van der Waals surface area contributed by atoms with Gasteiger partial charge in [0.2, 0.25) is 0 Å². The van der Waals surface area contributed by atoms with Gasteiger partial charge in [0.25, 0.3) is 0 Å². The lowest BCUT2D eigenvalue weighted by Gasteiger charge is -2.20. The quantitative estimate of drug-likeness (QED) is 0.800. The molecule has 2 atom stereocenters. The zero-order valence-electron chi connectivity index (χ0n) is 10.8. The predicted octanol–water partition coefficient (Wildman–Crippen LogP) is 1.29. The molecule has 1 aromatic rings. The van der Waals surface area contributed by atoms with Crippen molar-refractivity contribution in [3.63, 3.8) is 0 Å². The van der Waals surface area contributed by atoms with Gasteiger partial charge in [0.1, 0.15) is 11.5 Å². The van der Waals surface area contributed by atoms with Crippen LogP contribution in [0.15, 0.2) is 24.3 Å². The van der Waals surface area contributed by atoms with Gasteiger partial charge in [0.05, 0.1) is 13.7 Å². The molecular weight excluding hydrogens is 230 g/mol. The number of rotatable bonds is 6. The molecule has 0 amide bonds. The molecule has 0 spiro atoms. The van der Waals surface area contributed by atoms with E-state index in [9.17, 15) is 5.11 Å². The maximum atomic E-state index is 9.42. The Morgan fingerprint density at radius 1 is 1.33 bits per heavy atom. The fraction of sp³-hybridized carbons (Fsp3) is 0.571. The summed E-state index contributed by atoms with van der Waals surface area (Å²) in [7, 11) is 1.64. The highest BCUT2D eigenvalue weighted by Crippen LogP contribution is 2.22. The number of aliphatic hydroxyl groups excluding tert-OH is 1. The first-order chi connectivity index (χ1) is 8.83. The molecule has 2 rings (SSSR count). The molecule has 0 radical (unpaired) electrons. The fourth-order valence-corrected chi connectivity index (χ4v) is 2.29. The van der Waals surface area contributed by atoms with E-state index >= 15 is 0 Å². The first-order valence-electron chi connectivity index (χ1n) is 6.42. The highest BCUT2D eigenvalue weighted by Gasteiger charge is 2.24. The molecule has 4 nitrogen and oxygen atoms in total. The Morgan fingerprint density at radius 3 is 2.61 bits per heavy atom. The SMILES string of the molecule is COc1ccc(OCC(CO)C2CCNC2)cc1. The van der Waals surface area contributed by atoms with Gasteiger partial charge in [-0.15, -0.1) is 0 Å². The third kappa shape index (κ3) is 3.37. The van der Waals surface area contributed by atoms with Crippen LogP contribution in [0.25, 0.3) is 0 Å². The number of benzene rings is 1. The van der Waals surface area contributed by atoms with E-state index in [-0.39, 0.29) is 12.5 Å². The van der Waals surface area contributed by atoms with E-state index in [0.29, 0.717) is 12.5 Å². The minimum atomic E-state index is 0.183. The number of methoxy groups -OCH3 is 1. The van der Waals surface area contributed by atoms with Crippen LogP contribution in [-0.4, -0.2) is 38.5 Å². The van der Waals surface area contributed by atoms with Crippen molar-refractivity contribution in [1.29, 1.82) is 0 Å². The molecule has 1 fully saturated rings. The molecule has 1 aromatic carbocycles. The van der Waals surface area contributed by atoms with Crippen LogP contribution in [0.3, 0.4) is 0 Å². The Bertz CT molecular complexity index is 347. The van der Waals surface area contributed by atoms with Crippen molar-refractivity contribution < 1.29 is 14.6 Å². The largest absolute Gasteiger partial charge is 0.497 e. The molecule has 2 unspecified atom stereocenters. The summed E-state index contributed by atoms with van der Waals surface area (Å²) in [6.07, 6.45) is 1.12. The van der Waals surface area contributed by atoms with E-state index in [1.807, 2.05) is 24.3 Å². The summed E-state index contributed by atoms with van der Waals surface area (Å²) in [5.74, 6) is 2.37. The monoisotopic (exact) mass is 251 g/mol. The molecule has 1 heterocycles. The topological polar surface area (TPSA) is 50.7 Å². The molecule has 18 heavy (non-hydrogen) atoms. The molecule has 1 aliphatic heterocycles. The van der Waals surface area contributed by atoms with Gasteiger partial charge in [-0.05, 0) is 49.7 Å². The van der Waals surface area contributed by atoms with Crippen LogP contribution < -0.4 is 14.8 Å². The van der Waals surface area contributed by atoms with E-state index in [4.69, 9.17) is 9.47 Å². The second kappa shape index (κ2) is 6.61. The summed E-state index contributed by atoms with van der Waals surface area (Å²) >= 11 is 0. The lowest BCUT2D eigenvalue weighted by molar-refractivity contribution is 0.124. The van der Waals surface area contributed by atoms with Gasteiger partial charge in [0.15, 0.2) is 0 Å². The standard InChI is InChI=1S/C14H21NO3/c1-17-13-2-4-14(5-3-13)18-10-12(9-16)11-6-7-15-8-11/h2-5,11-12,15-16H,6-10H2,1H3. The van der Waals surface area contributed by atoms with Gasteiger partial charge >= 0.3 is 0 Å². The van der Waals surface area contributed by atoms with Crippen molar-refractivity contribution in [1.82, 2.24) is 5.32 Å². The molecule has 0 bridgehead atoms. The first kappa shape index (κ1) is 13.2. The maximum Gasteiger partial charge on any atom is 0.119 e. The minimum absolute atomic E-state index is 0.183. The Balaban J connectivity index is 1.84. The Hall–Kier alpha value is -1.26. The van der Waals surface area contributed by atoms with Crippen LogP contribution >= 0.6 is 0 Å². The lowest BCUT2D eigenvalue weighted by Crippen LogP contribution is -2.26. The van der Waals surface area contributed by atoms with E-state index in [0.717, 1.165) is 31.0 Å². The number of hydrogen-bond acceptors (Lipinski definition) is 4. The maximum absolute atomic E-state index is 9.42. The van der Waals surface area contributed by atoms with Crippen molar-refractivity contribution in [2.24, 2.45) is 11.8 Å². The summed E-state index contributed by atoms with van der Waals surface area (Å²) in [6.45, 7) is 2.78. The van der Waals surface area contributed by atoms with Gasteiger partial charge in [-0.25, -0.2) is 0 Å². The second-order valence-corrected chi connectivity index (χ2v) is 4.68. The van der Waals surface area contributed by atoms with Crippen LogP contribution in [-0.2, 0) is 0 Å². The van der Waals surface area contributed by atoms with Crippen LogP contribution in [0, 0.1) is 11.8 Å². The van der Waals surface area contributed by atoms with Gasteiger partial charge in [0, 0.05) is 12.5 Å². The molecule has 1 saturated heterocycles. The molecular formula is C14H21NO3. The highest BCUT2D eigenvalue weighted by atomic mass is 16.5. The number of ether oxygens (including phenoxy) is 2. The average molecular weight is 251 g/mol. The second-order valence-electron chi connectivity index (χ2n) is 4.68. The van der Waals surface area contributed by atoms with Gasteiger partial charge in [-0.2, -0.15) is 0 Å². The molecule has 100 valence electrons. The third-order valence-electron chi connectivity index (χ3n) is 3.52. The summed E-state index contributed by atoms with van der Waals surface area (Å²) < 4.78 is 10.8. The van der Waals surface area contributed by atoms with Gasteiger partial charge in [-0.1, -0.05) is 0 Å². The van der Waals surface area contributed by atoms with Crippen molar-refractivity contribution in [2.75, 3.05) is 33.4 Å². The minimum Gasteiger partial charge on any atom is -0.497 e. The summed E-state index contributed by atoms with van der Waals surface area (Å²) in [6, 6.07) is 7.53. The number of hydrogen-bond donors (Lipinski definition) is 2. The number of nitrogens with one attached hydrogen (secondary N) is 1. The van der Waals surface area contributed by atoms with Crippen molar-refractivity contribution in [3.05, 3.63) is 24.3 Å². The molecule has 0 aromatic heterocycles. The highest BCUT2D eigenvalue weighted by molar-refractivity contribution is 5.31. The molecule has 2 N–H and O–H groups in total. The van der Waals surface area contributed by atoms with E-state index < -0.39 is 0 Å². The van der Waals surface area contributed by atoms with Crippen LogP contribution in [0.2, 0.25) is 0 Å². The van der Waals surface area contributed by atoms with Gasteiger partial charge < -0.3 is 19.9 Å². The third-order valence-corrected chi connectivity index (χ3v) is 3.52. The van der Waals surface area contributed by atoms with Crippen LogP contribution in [0.4, 0.5) is 0 Å². The predicted molar refractivity (Wildman–Crippen MR) is 70.0 cm³/mol. The fourth-order valence-electron chi connectivity index (χ4n) is 2.29. The molecule has 0 aliphatic carbocycles. The Labute approximate surface area is 108 Å². The zero-order valence-corrected chi connectivity index (χ0v) is 10.8. The first-order valence-corrected chi connectivity index (χ1v) is 6.42. The lowest BCUT2D eigenvalue weighted by atomic mass is 9.93. The van der Waals surface area contributed by atoms with Crippen LogP contribution in [0.5, 0.6) is 11.5 Å². The summed E-state index contributed by atoms with van der Waals surface area (Å²) in [5.41, 5.74) is 0. The van der Waals surface area contributed by atoms with E-state index in [1.54, 1.807) is 7.11 Å². The normalized spacial score (nSPS) is 20.7. The smallest absolute Gasteiger partial charge is 0.119 e. The van der Waals surface area contributed by atoms with Gasteiger partial charge in [-0.3, -0.25) is 0 Å². The van der Waals surface area contributed by atoms with Crippen molar-refractivity contribution in [3.8, 4) is 11.5 Å². The zero-order chi connectivity index (χ0) is 12.8. The molecule has 0 saturated carbocycles. The average Bonchev–Trinajstić information content (AvgIpc) is 2.94. The van der Waals surface area contributed by atoms with E-state index in [1.165, 1.54) is 0 Å². The van der Waals surface area contributed by atoms with Crippen LogP contribution in [0.1, 0.15) is 6.42 Å². The van der Waals surface area contributed by atoms with Crippen molar-refractivity contribution >= 4 is 0 Å². The van der Waals surface area contributed by atoms with Crippen molar-refractivity contribution in [2.45, 2.75) is 6.42 Å². The van der Waals surface area contributed by atoms with E-state index in [2.05, 4.69) is 5.32 Å². The summed E-state index contributed by atoms with van der Waals surface area (Å²) in [4.78, 5) is 0.